The van der Waals surface area contributed by atoms with E-state index < -0.39 is 0 Å². The summed E-state index contributed by atoms with van der Waals surface area (Å²) in [5, 5.41) is 6.59. The monoisotopic (exact) mass is 256 g/mol. The fourth-order valence-corrected chi connectivity index (χ4v) is 1.85. The van der Waals surface area contributed by atoms with Crippen molar-refractivity contribution in [2.24, 2.45) is 5.10 Å². The maximum absolute atomic E-state index is 11.3. The van der Waals surface area contributed by atoms with Gasteiger partial charge in [0, 0.05) is 19.9 Å². The molecule has 0 bridgehead atoms. The van der Waals surface area contributed by atoms with E-state index in [1.807, 2.05) is 6.07 Å². The Morgan fingerprint density at radius 1 is 1.25 bits per heavy atom. The maximum atomic E-state index is 11.3. The van der Waals surface area contributed by atoms with Gasteiger partial charge in [-0.3, -0.25) is 4.79 Å². The Morgan fingerprint density at radius 2 is 2.00 bits per heavy atom. The minimum absolute atomic E-state index is 0.0313. The van der Waals surface area contributed by atoms with Crippen LogP contribution in [0.3, 0.4) is 0 Å². The second-order valence-electron chi connectivity index (χ2n) is 3.59. The lowest BCUT2D eigenvalue weighted by atomic mass is 10.0. The van der Waals surface area contributed by atoms with Gasteiger partial charge in [-0.25, -0.2) is 5.01 Å². The van der Waals surface area contributed by atoms with Crippen LogP contribution in [0.15, 0.2) is 23.3 Å². The first kappa shape index (κ1) is 11.4. The van der Waals surface area contributed by atoms with Gasteiger partial charge in [-0.15, -0.1) is 0 Å². The number of carbonyl (C=O) groups is 1. The lowest BCUT2D eigenvalue weighted by molar-refractivity contribution is -0.130. The molecular formula is C11H10Cl2N2O. The van der Waals surface area contributed by atoms with Crippen molar-refractivity contribution in [3.8, 4) is 0 Å². The van der Waals surface area contributed by atoms with Crippen LogP contribution in [-0.2, 0) is 4.79 Å². The molecule has 3 nitrogen and oxygen atoms in total. The Hall–Kier alpha value is -1.06. The Balaban J connectivity index is 2.34. The zero-order valence-electron chi connectivity index (χ0n) is 8.70. The molecule has 0 aromatic heterocycles. The number of hydrazone groups is 1. The third-order valence-corrected chi connectivity index (χ3v) is 3.20. The van der Waals surface area contributed by atoms with Gasteiger partial charge in [0.2, 0.25) is 5.91 Å². The van der Waals surface area contributed by atoms with Crippen LogP contribution >= 0.6 is 23.2 Å². The highest BCUT2D eigenvalue weighted by Crippen LogP contribution is 2.24. The molecule has 0 unspecified atom stereocenters. The molecule has 1 aliphatic heterocycles. The number of amides is 1. The van der Waals surface area contributed by atoms with Gasteiger partial charge in [0.15, 0.2) is 0 Å². The lowest BCUT2D eigenvalue weighted by Crippen LogP contribution is -2.28. The molecule has 0 atom stereocenters. The average molecular weight is 257 g/mol. The first-order valence-corrected chi connectivity index (χ1v) is 5.63. The predicted molar refractivity (Wildman–Crippen MR) is 65.0 cm³/mol. The number of hydrogen-bond donors (Lipinski definition) is 0. The highest BCUT2D eigenvalue weighted by molar-refractivity contribution is 6.42. The summed E-state index contributed by atoms with van der Waals surface area (Å²) in [4.78, 5) is 11.3. The van der Waals surface area contributed by atoms with E-state index in [4.69, 9.17) is 23.2 Å². The van der Waals surface area contributed by atoms with Crippen LogP contribution in [0, 0.1) is 0 Å². The van der Waals surface area contributed by atoms with Gasteiger partial charge in [-0.1, -0.05) is 29.3 Å². The fourth-order valence-electron chi connectivity index (χ4n) is 1.55. The van der Waals surface area contributed by atoms with Crippen LogP contribution in [0.2, 0.25) is 10.0 Å². The van der Waals surface area contributed by atoms with Crippen molar-refractivity contribution in [2.75, 3.05) is 7.05 Å². The van der Waals surface area contributed by atoms with E-state index >= 15 is 0 Å². The molecule has 1 aromatic carbocycles. The number of rotatable bonds is 1. The summed E-state index contributed by atoms with van der Waals surface area (Å²) in [5.41, 5.74) is 1.77. The van der Waals surface area contributed by atoms with Crippen LogP contribution in [-0.4, -0.2) is 23.7 Å². The fraction of sp³-hybridized carbons (Fsp3) is 0.273. The standard InChI is InChI=1S/C11H10Cl2N2O/c1-15-11(16)5-4-10(14-15)7-2-3-8(12)9(13)6-7/h2-3,6H,4-5H2,1H3. The summed E-state index contributed by atoms with van der Waals surface area (Å²) in [6.45, 7) is 0. The maximum Gasteiger partial charge on any atom is 0.242 e. The molecule has 0 radical (unpaired) electrons. The van der Waals surface area contributed by atoms with Crippen LogP contribution in [0.4, 0.5) is 0 Å². The number of hydrogen-bond acceptors (Lipinski definition) is 2. The Labute approximate surface area is 104 Å². The normalized spacial score (nSPS) is 16.3. The molecule has 5 heteroatoms. The summed E-state index contributed by atoms with van der Waals surface area (Å²) in [7, 11) is 1.65. The molecule has 0 fully saturated rings. The van der Waals surface area contributed by atoms with Crippen LogP contribution in [0.25, 0.3) is 0 Å². The van der Waals surface area contributed by atoms with E-state index in [0.29, 0.717) is 22.9 Å². The number of nitrogens with zero attached hydrogens (tertiary/aromatic N) is 2. The van der Waals surface area contributed by atoms with E-state index in [1.54, 1.807) is 19.2 Å². The van der Waals surface area contributed by atoms with Crippen LogP contribution < -0.4 is 0 Å². The molecule has 0 N–H and O–H groups in total. The molecule has 16 heavy (non-hydrogen) atoms. The van der Waals surface area contributed by atoms with Crippen molar-refractivity contribution in [3.05, 3.63) is 33.8 Å². The van der Waals surface area contributed by atoms with Crippen LogP contribution in [0.5, 0.6) is 0 Å². The first-order chi connectivity index (χ1) is 7.58. The highest BCUT2D eigenvalue weighted by atomic mass is 35.5. The van der Waals surface area contributed by atoms with Crippen molar-refractivity contribution in [1.82, 2.24) is 5.01 Å². The van der Waals surface area contributed by atoms with Crippen molar-refractivity contribution >= 4 is 34.8 Å². The Morgan fingerprint density at radius 3 is 2.62 bits per heavy atom. The first-order valence-electron chi connectivity index (χ1n) is 4.87. The summed E-state index contributed by atoms with van der Waals surface area (Å²) >= 11 is 11.8. The zero-order chi connectivity index (χ0) is 11.7. The third-order valence-electron chi connectivity index (χ3n) is 2.46. The van der Waals surface area contributed by atoms with E-state index in [9.17, 15) is 4.79 Å². The van der Waals surface area contributed by atoms with E-state index in [0.717, 1.165) is 11.3 Å². The van der Waals surface area contributed by atoms with Gasteiger partial charge in [0.1, 0.15) is 0 Å². The second kappa shape index (κ2) is 4.44. The van der Waals surface area contributed by atoms with Gasteiger partial charge >= 0.3 is 0 Å². The van der Waals surface area contributed by atoms with Crippen LogP contribution in [0.1, 0.15) is 18.4 Å². The zero-order valence-corrected chi connectivity index (χ0v) is 10.2. The number of carbonyl (C=O) groups excluding carboxylic acids is 1. The SMILES string of the molecule is CN1N=C(c2ccc(Cl)c(Cl)c2)CCC1=O. The van der Waals surface area contributed by atoms with Crippen molar-refractivity contribution in [1.29, 1.82) is 0 Å². The summed E-state index contributed by atoms with van der Waals surface area (Å²) < 4.78 is 0. The smallest absolute Gasteiger partial charge is 0.242 e. The van der Waals surface area contributed by atoms with Gasteiger partial charge in [-0.2, -0.15) is 5.10 Å². The molecule has 1 amide bonds. The van der Waals surface area contributed by atoms with E-state index in [1.165, 1.54) is 5.01 Å². The quantitative estimate of drug-likeness (QED) is 0.761. The van der Waals surface area contributed by atoms with Gasteiger partial charge in [0.05, 0.1) is 15.8 Å². The molecular weight excluding hydrogens is 247 g/mol. The van der Waals surface area contributed by atoms with Crippen molar-refractivity contribution in [2.45, 2.75) is 12.8 Å². The molecule has 1 heterocycles. The van der Waals surface area contributed by atoms with Gasteiger partial charge in [0.25, 0.3) is 0 Å². The molecule has 84 valence electrons. The van der Waals surface area contributed by atoms with E-state index in [-0.39, 0.29) is 5.91 Å². The summed E-state index contributed by atoms with van der Waals surface area (Å²) in [6.07, 6.45) is 1.12. The highest BCUT2D eigenvalue weighted by Gasteiger charge is 2.18. The van der Waals surface area contributed by atoms with Crippen molar-refractivity contribution in [3.63, 3.8) is 0 Å². The largest absolute Gasteiger partial charge is 0.273 e. The van der Waals surface area contributed by atoms with Gasteiger partial charge < -0.3 is 0 Å². The molecule has 0 spiro atoms. The number of halogens is 2. The minimum atomic E-state index is 0.0313. The molecule has 1 aromatic rings. The summed E-state index contributed by atoms with van der Waals surface area (Å²) in [6, 6.07) is 5.36. The third kappa shape index (κ3) is 2.20. The molecule has 0 saturated carbocycles. The molecule has 0 saturated heterocycles. The predicted octanol–water partition coefficient (Wildman–Crippen LogP) is 2.95. The molecule has 2 rings (SSSR count). The topological polar surface area (TPSA) is 32.7 Å². The Kier molecular flexibility index (Phi) is 3.17. The average Bonchev–Trinajstić information content (AvgIpc) is 2.26. The Bertz CT molecular complexity index is 471. The second-order valence-corrected chi connectivity index (χ2v) is 4.41. The van der Waals surface area contributed by atoms with E-state index in [2.05, 4.69) is 5.10 Å². The lowest BCUT2D eigenvalue weighted by Gasteiger charge is -2.19. The summed E-state index contributed by atoms with van der Waals surface area (Å²) in [5.74, 6) is 0.0313. The van der Waals surface area contributed by atoms with Crippen molar-refractivity contribution < 1.29 is 4.79 Å². The number of benzene rings is 1. The van der Waals surface area contributed by atoms with Gasteiger partial charge in [-0.05, 0) is 17.7 Å². The molecule has 0 aliphatic carbocycles. The molecule has 1 aliphatic rings. The minimum Gasteiger partial charge on any atom is -0.273 e.